The molecule has 7 nitrogen and oxygen atoms in total. The third-order valence-corrected chi connectivity index (χ3v) is 6.61. The number of carbonyl (C=O) groups is 1. The number of thioether (sulfide) groups is 1. The Morgan fingerprint density at radius 3 is 2.37 bits per heavy atom. The van der Waals surface area contributed by atoms with E-state index >= 15 is 0 Å². The van der Waals surface area contributed by atoms with Gasteiger partial charge in [-0.15, -0.1) is 10.2 Å². The minimum absolute atomic E-state index is 0.0991. The normalized spacial score (nSPS) is 11.7. The topological polar surface area (TPSA) is 81.9 Å². The van der Waals surface area contributed by atoms with Crippen molar-refractivity contribution in [3.05, 3.63) is 78.6 Å². The summed E-state index contributed by atoms with van der Waals surface area (Å²) in [6.45, 7) is 6.93. The number of ether oxygens (including phenoxy) is 1. The summed E-state index contributed by atoms with van der Waals surface area (Å²) < 4.78 is 7.53. The fraction of sp³-hybridized carbons (Fsp3) is 0.259. The fourth-order valence-corrected chi connectivity index (χ4v) is 4.35. The van der Waals surface area contributed by atoms with E-state index in [1.54, 1.807) is 12.4 Å². The van der Waals surface area contributed by atoms with Gasteiger partial charge in [-0.1, -0.05) is 37.7 Å². The van der Waals surface area contributed by atoms with Crippen molar-refractivity contribution >= 4 is 23.4 Å². The van der Waals surface area contributed by atoms with Crippen molar-refractivity contribution in [2.24, 2.45) is 0 Å². The van der Waals surface area contributed by atoms with Gasteiger partial charge in [-0.25, -0.2) is 0 Å². The van der Waals surface area contributed by atoms with Crippen LogP contribution in [0.25, 0.3) is 17.1 Å². The second-order valence-corrected chi connectivity index (χ2v) is 9.02. The molecule has 0 radical (unpaired) electrons. The van der Waals surface area contributed by atoms with Crippen molar-refractivity contribution < 1.29 is 9.53 Å². The lowest BCUT2D eigenvalue weighted by Gasteiger charge is -2.12. The Hall–Kier alpha value is -3.65. The summed E-state index contributed by atoms with van der Waals surface area (Å²) in [4.78, 5) is 16.8. The van der Waals surface area contributed by atoms with Gasteiger partial charge in [-0.3, -0.25) is 14.3 Å². The highest BCUT2D eigenvalue weighted by molar-refractivity contribution is 7.99. The molecular weight excluding hydrogens is 458 g/mol. The van der Waals surface area contributed by atoms with Gasteiger partial charge in [-0.05, 0) is 73.4 Å². The predicted octanol–water partition coefficient (Wildman–Crippen LogP) is 5.97. The molecule has 2 heterocycles. The Morgan fingerprint density at radius 1 is 1.00 bits per heavy atom. The van der Waals surface area contributed by atoms with Crippen molar-refractivity contribution in [3.8, 4) is 22.8 Å². The van der Waals surface area contributed by atoms with Crippen LogP contribution in [0.15, 0.2) is 78.2 Å². The second kappa shape index (κ2) is 11.7. The first-order chi connectivity index (χ1) is 17.1. The summed E-state index contributed by atoms with van der Waals surface area (Å²) in [7, 11) is 0. The first kappa shape index (κ1) is 24.5. The quantitative estimate of drug-likeness (QED) is 0.278. The van der Waals surface area contributed by atoms with E-state index in [9.17, 15) is 4.79 Å². The van der Waals surface area contributed by atoms with Crippen LogP contribution in [0, 0.1) is 0 Å². The van der Waals surface area contributed by atoms with E-state index in [-0.39, 0.29) is 11.7 Å². The Balaban J connectivity index is 1.52. The van der Waals surface area contributed by atoms with Crippen molar-refractivity contribution in [2.75, 3.05) is 17.7 Å². The molecule has 2 aromatic heterocycles. The zero-order valence-electron chi connectivity index (χ0n) is 20.1. The van der Waals surface area contributed by atoms with Crippen LogP contribution in [0.3, 0.4) is 0 Å². The molecule has 0 saturated carbocycles. The van der Waals surface area contributed by atoms with Gasteiger partial charge in [0.2, 0.25) is 5.91 Å². The Labute approximate surface area is 210 Å². The number of nitrogens with zero attached hydrogens (tertiary/aromatic N) is 4. The summed E-state index contributed by atoms with van der Waals surface area (Å²) in [5.74, 6) is 2.08. The number of hydrogen-bond donors (Lipinski definition) is 1. The number of pyridine rings is 1. The summed E-state index contributed by atoms with van der Waals surface area (Å²) >= 11 is 1.34. The third-order valence-electron chi connectivity index (χ3n) is 5.69. The number of benzene rings is 2. The second-order valence-electron chi connectivity index (χ2n) is 8.07. The Kier molecular flexibility index (Phi) is 8.15. The SMILES string of the molecule is CCOc1ccc(-n2c(SCC(=O)Nc3ccc([C@H](C)CC)cc3)nnc2-c2ccncc2)cc1. The highest BCUT2D eigenvalue weighted by atomic mass is 32.2. The highest BCUT2D eigenvalue weighted by Gasteiger charge is 2.17. The molecule has 0 fully saturated rings. The van der Waals surface area contributed by atoms with Crippen LogP contribution in [0.5, 0.6) is 5.75 Å². The Morgan fingerprint density at radius 2 is 1.71 bits per heavy atom. The van der Waals surface area contributed by atoms with Crippen molar-refractivity contribution in [2.45, 2.75) is 38.3 Å². The van der Waals surface area contributed by atoms with Gasteiger partial charge in [-0.2, -0.15) is 0 Å². The number of amides is 1. The van der Waals surface area contributed by atoms with Gasteiger partial charge in [0, 0.05) is 29.3 Å². The van der Waals surface area contributed by atoms with E-state index in [0.29, 0.717) is 23.5 Å². The molecule has 1 N–H and O–H groups in total. The van der Waals surface area contributed by atoms with E-state index in [1.807, 2.05) is 60.0 Å². The molecule has 0 unspecified atom stereocenters. The molecule has 0 aliphatic carbocycles. The van der Waals surface area contributed by atoms with Gasteiger partial charge in [0.05, 0.1) is 12.4 Å². The molecule has 1 amide bonds. The lowest BCUT2D eigenvalue weighted by Crippen LogP contribution is -2.14. The largest absolute Gasteiger partial charge is 0.494 e. The van der Waals surface area contributed by atoms with Gasteiger partial charge in [0.1, 0.15) is 5.75 Å². The molecule has 0 aliphatic rings. The van der Waals surface area contributed by atoms with Crippen LogP contribution < -0.4 is 10.1 Å². The molecule has 4 aromatic rings. The summed E-state index contributed by atoms with van der Waals surface area (Å²) in [6.07, 6.45) is 4.53. The zero-order chi connectivity index (χ0) is 24.6. The number of rotatable bonds is 10. The van der Waals surface area contributed by atoms with Crippen LogP contribution in [-0.4, -0.2) is 38.0 Å². The number of hydrogen-bond acceptors (Lipinski definition) is 6. The standard InChI is InChI=1S/C27H29N5O2S/c1-4-19(3)20-6-8-22(9-7-20)29-25(33)18-35-27-31-30-26(21-14-16-28-17-15-21)32(27)23-10-12-24(13-11-23)34-5-2/h6-17,19H,4-5,18H2,1-3H3,(H,29,33)/t19-/m1/s1. The number of anilines is 1. The van der Waals surface area contributed by atoms with Gasteiger partial charge in [0.15, 0.2) is 11.0 Å². The predicted molar refractivity (Wildman–Crippen MR) is 140 cm³/mol. The monoisotopic (exact) mass is 487 g/mol. The molecule has 8 heteroatoms. The third kappa shape index (κ3) is 6.08. The first-order valence-corrected chi connectivity index (χ1v) is 12.7. The van der Waals surface area contributed by atoms with E-state index in [2.05, 4.69) is 46.5 Å². The van der Waals surface area contributed by atoms with Gasteiger partial charge in [0.25, 0.3) is 0 Å². The molecule has 0 aliphatic heterocycles. The van der Waals surface area contributed by atoms with Gasteiger partial charge < -0.3 is 10.1 Å². The minimum Gasteiger partial charge on any atom is -0.494 e. The van der Waals surface area contributed by atoms with E-state index in [1.165, 1.54) is 17.3 Å². The molecule has 4 rings (SSSR count). The summed E-state index contributed by atoms with van der Waals surface area (Å²) in [6, 6.07) is 19.6. The molecule has 2 aromatic carbocycles. The summed E-state index contributed by atoms with van der Waals surface area (Å²) in [5, 5.41) is 12.4. The summed E-state index contributed by atoms with van der Waals surface area (Å²) in [5.41, 5.74) is 3.83. The van der Waals surface area contributed by atoms with Gasteiger partial charge >= 0.3 is 0 Å². The molecule has 35 heavy (non-hydrogen) atoms. The Bertz CT molecular complexity index is 1240. The van der Waals surface area contributed by atoms with Crippen molar-refractivity contribution in [1.29, 1.82) is 0 Å². The number of aromatic nitrogens is 4. The molecule has 1 atom stereocenters. The van der Waals surface area contributed by atoms with E-state index in [4.69, 9.17) is 4.74 Å². The van der Waals surface area contributed by atoms with Crippen LogP contribution in [0.4, 0.5) is 5.69 Å². The fourth-order valence-electron chi connectivity index (χ4n) is 3.60. The molecule has 0 saturated heterocycles. The number of carbonyl (C=O) groups excluding carboxylic acids is 1. The molecule has 0 spiro atoms. The molecular formula is C27H29N5O2S. The van der Waals surface area contributed by atoms with Crippen LogP contribution in [-0.2, 0) is 4.79 Å². The first-order valence-electron chi connectivity index (χ1n) is 11.7. The number of nitrogens with one attached hydrogen (secondary N) is 1. The molecule has 180 valence electrons. The average molecular weight is 488 g/mol. The maximum Gasteiger partial charge on any atom is 0.234 e. The smallest absolute Gasteiger partial charge is 0.234 e. The lowest BCUT2D eigenvalue weighted by molar-refractivity contribution is -0.113. The van der Waals surface area contributed by atoms with Crippen LogP contribution in [0.2, 0.25) is 0 Å². The average Bonchev–Trinajstić information content (AvgIpc) is 3.32. The molecule has 0 bridgehead atoms. The van der Waals surface area contributed by atoms with E-state index < -0.39 is 0 Å². The van der Waals surface area contributed by atoms with Crippen LogP contribution in [0.1, 0.15) is 38.7 Å². The van der Waals surface area contributed by atoms with Crippen molar-refractivity contribution in [1.82, 2.24) is 19.7 Å². The zero-order valence-corrected chi connectivity index (χ0v) is 21.0. The van der Waals surface area contributed by atoms with E-state index in [0.717, 1.165) is 29.1 Å². The maximum absolute atomic E-state index is 12.7. The van der Waals surface area contributed by atoms with Crippen LogP contribution >= 0.6 is 11.8 Å². The lowest BCUT2D eigenvalue weighted by atomic mass is 9.99. The highest BCUT2D eigenvalue weighted by Crippen LogP contribution is 2.29. The minimum atomic E-state index is -0.0991. The van der Waals surface area contributed by atoms with Crippen molar-refractivity contribution in [3.63, 3.8) is 0 Å². The maximum atomic E-state index is 12.7.